The molecule has 2 aliphatic carbocycles. The Balaban J connectivity index is 1.52. The Morgan fingerprint density at radius 2 is 2.19 bits per heavy atom. The average Bonchev–Trinajstić information content (AvgIpc) is 2.93. The maximum Gasteiger partial charge on any atom is 0.255 e. The van der Waals surface area contributed by atoms with E-state index in [1.807, 2.05) is 18.2 Å². The number of amides is 1. The molecule has 5 heteroatoms. The van der Waals surface area contributed by atoms with Crippen molar-refractivity contribution in [1.82, 2.24) is 5.32 Å². The molecule has 5 nitrogen and oxygen atoms in total. The lowest BCUT2D eigenvalue weighted by atomic mass is 9.76. The number of hydrogen-bond acceptors (Lipinski definition) is 4. The number of hydrogen-bond donors (Lipinski definition) is 2. The molecule has 2 saturated carbocycles. The largest absolute Gasteiger partial charge is 0.493 e. The minimum Gasteiger partial charge on any atom is -0.493 e. The molecule has 0 radical (unpaired) electrons. The van der Waals surface area contributed by atoms with Crippen LogP contribution >= 0.6 is 0 Å². The molecule has 4 rings (SSSR count). The summed E-state index contributed by atoms with van der Waals surface area (Å²) in [5.74, 6) is 0.550. The topological polar surface area (TPSA) is 77.5 Å². The average molecular weight is 286 g/mol. The zero-order chi connectivity index (χ0) is 14.6. The van der Waals surface area contributed by atoms with E-state index in [9.17, 15) is 4.79 Å². The molecule has 1 atom stereocenters. The van der Waals surface area contributed by atoms with Gasteiger partial charge in [-0.2, -0.15) is 0 Å². The molecular formula is C16H18N2O3. The standard InChI is InChI=1S/C16H18N2O3/c1-20-12-4-2-3-10-11(8-21-14(10)12)15(19)18-9-5-16(6-9)7-13(16)17/h2-4,8-9,13H,5-7,17H2,1H3,(H,18,19). The summed E-state index contributed by atoms with van der Waals surface area (Å²) < 4.78 is 10.7. The van der Waals surface area contributed by atoms with Gasteiger partial charge in [0.15, 0.2) is 11.3 Å². The Kier molecular flexibility index (Phi) is 2.57. The molecule has 110 valence electrons. The lowest BCUT2D eigenvalue weighted by Crippen LogP contribution is -2.47. The van der Waals surface area contributed by atoms with Gasteiger partial charge in [0.1, 0.15) is 6.26 Å². The molecule has 3 N–H and O–H groups in total. The molecule has 0 aliphatic heterocycles. The Bertz CT molecular complexity index is 715. The fourth-order valence-corrected chi connectivity index (χ4v) is 3.50. The van der Waals surface area contributed by atoms with Crippen molar-refractivity contribution in [3.05, 3.63) is 30.0 Å². The summed E-state index contributed by atoms with van der Waals surface area (Å²) >= 11 is 0. The van der Waals surface area contributed by atoms with E-state index in [2.05, 4.69) is 5.32 Å². The molecule has 2 fully saturated rings. The third kappa shape index (κ3) is 1.84. The van der Waals surface area contributed by atoms with E-state index in [0.29, 0.717) is 28.4 Å². The van der Waals surface area contributed by atoms with E-state index in [1.165, 1.54) is 6.26 Å². The van der Waals surface area contributed by atoms with Crippen molar-refractivity contribution in [2.75, 3.05) is 7.11 Å². The van der Waals surface area contributed by atoms with Crippen molar-refractivity contribution < 1.29 is 13.9 Å². The summed E-state index contributed by atoms with van der Waals surface area (Å²) in [5.41, 5.74) is 7.42. The van der Waals surface area contributed by atoms with Gasteiger partial charge in [-0.15, -0.1) is 0 Å². The number of para-hydroxylation sites is 1. The van der Waals surface area contributed by atoms with Crippen LogP contribution < -0.4 is 15.8 Å². The van der Waals surface area contributed by atoms with Gasteiger partial charge in [0.25, 0.3) is 5.91 Å². The highest BCUT2D eigenvalue weighted by atomic mass is 16.5. The van der Waals surface area contributed by atoms with E-state index >= 15 is 0 Å². The molecule has 21 heavy (non-hydrogen) atoms. The third-order valence-corrected chi connectivity index (χ3v) is 4.92. The number of carbonyl (C=O) groups is 1. The van der Waals surface area contributed by atoms with Gasteiger partial charge in [-0.3, -0.25) is 4.79 Å². The van der Waals surface area contributed by atoms with Crippen molar-refractivity contribution in [2.45, 2.75) is 31.3 Å². The number of furan rings is 1. The van der Waals surface area contributed by atoms with Gasteiger partial charge >= 0.3 is 0 Å². The lowest BCUT2D eigenvalue weighted by molar-refractivity contribution is 0.0874. The predicted molar refractivity (Wildman–Crippen MR) is 78.3 cm³/mol. The van der Waals surface area contributed by atoms with E-state index in [0.717, 1.165) is 24.6 Å². The number of methoxy groups -OCH3 is 1. The highest BCUT2D eigenvalue weighted by Gasteiger charge is 2.60. The summed E-state index contributed by atoms with van der Waals surface area (Å²) in [5, 5.41) is 3.85. The summed E-state index contributed by atoms with van der Waals surface area (Å²) in [6.07, 6.45) is 4.60. The van der Waals surface area contributed by atoms with Crippen LogP contribution in [-0.4, -0.2) is 25.1 Å². The molecule has 1 aromatic heterocycles. The van der Waals surface area contributed by atoms with Gasteiger partial charge < -0.3 is 20.2 Å². The number of rotatable bonds is 3. The molecule has 1 unspecified atom stereocenters. The third-order valence-electron chi connectivity index (χ3n) is 4.92. The monoisotopic (exact) mass is 286 g/mol. The van der Waals surface area contributed by atoms with Crippen LogP contribution in [0.2, 0.25) is 0 Å². The van der Waals surface area contributed by atoms with E-state index in [-0.39, 0.29) is 11.9 Å². The first-order chi connectivity index (χ1) is 10.1. The van der Waals surface area contributed by atoms with Crippen molar-refractivity contribution in [1.29, 1.82) is 0 Å². The molecule has 0 saturated heterocycles. The van der Waals surface area contributed by atoms with Crippen molar-refractivity contribution in [3.8, 4) is 5.75 Å². The van der Waals surface area contributed by atoms with Crippen LogP contribution in [0.15, 0.2) is 28.9 Å². The summed E-state index contributed by atoms with van der Waals surface area (Å²) in [4.78, 5) is 12.4. The Labute approximate surface area is 122 Å². The SMILES string of the molecule is COc1cccc2c(C(=O)NC3CC4(C3)CC4N)coc12. The number of nitrogens with two attached hydrogens (primary N) is 1. The minimum atomic E-state index is -0.0870. The smallest absolute Gasteiger partial charge is 0.255 e. The van der Waals surface area contributed by atoms with Crippen molar-refractivity contribution in [3.63, 3.8) is 0 Å². The highest BCUT2D eigenvalue weighted by molar-refractivity contribution is 6.07. The van der Waals surface area contributed by atoms with Crippen LogP contribution in [-0.2, 0) is 0 Å². The second kappa shape index (κ2) is 4.24. The van der Waals surface area contributed by atoms with Crippen LogP contribution in [0.25, 0.3) is 11.0 Å². The number of carbonyl (C=O) groups excluding carboxylic acids is 1. The maximum absolute atomic E-state index is 12.4. The highest BCUT2D eigenvalue weighted by Crippen LogP contribution is 2.59. The molecule has 1 amide bonds. The molecule has 1 heterocycles. The van der Waals surface area contributed by atoms with Crippen molar-refractivity contribution >= 4 is 16.9 Å². The van der Waals surface area contributed by atoms with Gasteiger partial charge in [0, 0.05) is 17.5 Å². The first-order valence-electron chi connectivity index (χ1n) is 7.24. The van der Waals surface area contributed by atoms with Crippen LogP contribution in [0, 0.1) is 5.41 Å². The Morgan fingerprint density at radius 1 is 1.43 bits per heavy atom. The molecule has 2 aliphatic rings. The number of nitrogens with one attached hydrogen (secondary N) is 1. The lowest BCUT2D eigenvalue weighted by Gasteiger charge is -2.36. The van der Waals surface area contributed by atoms with Crippen LogP contribution in [0.4, 0.5) is 0 Å². The second-order valence-corrected chi connectivity index (χ2v) is 6.24. The quantitative estimate of drug-likeness (QED) is 0.905. The van der Waals surface area contributed by atoms with Gasteiger partial charge in [0.05, 0.1) is 12.7 Å². The number of ether oxygens (including phenoxy) is 1. The summed E-state index contributed by atoms with van der Waals surface area (Å²) in [7, 11) is 1.59. The normalized spacial score (nSPS) is 30.2. The van der Waals surface area contributed by atoms with Gasteiger partial charge in [-0.1, -0.05) is 12.1 Å². The molecule has 2 aromatic rings. The van der Waals surface area contributed by atoms with Crippen LogP contribution in [0.3, 0.4) is 0 Å². The Hall–Kier alpha value is -2.01. The van der Waals surface area contributed by atoms with Crippen LogP contribution in [0.1, 0.15) is 29.6 Å². The van der Waals surface area contributed by atoms with Crippen LogP contribution in [0.5, 0.6) is 5.75 Å². The second-order valence-electron chi connectivity index (χ2n) is 6.24. The fraction of sp³-hybridized carbons (Fsp3) is 0.438. The van der Waals surface area contributed by atoms with Crippen molar-refractivity contribution in [2.24, 2.45) is 11.1 Å². The zero-order valence-corrected chi connectivity index (χ0v) is 11.9. The number of fused-ring (bicyclic) bond motifs is 1. The van der Waals surface area contributed by atoms with E-state index in [4.69, 9.17) is 14.9 Å². The van der Waals surface area contributed by atoms with Gasteiger partial charge in [-0.05, 0) is 30.7 Å². The zero-order valence-electron chi connectivity index (χ0n) is 11.9. The van der Waals surface area contributed by atoms with E-state index < -0.39 is 0 Å². The molecule has 1 aromatic carbocycles. The van der Waals surface area contributed by atoms with E-state index in [1.54, 1.807) is 7.11 Å². The first kappa shape index (κ1) is 12.7. The first-order valence-corrected chi connectivity index (χ1v) is 7.24. The van der Waals surface area contributed by atoms with Gasteiger partial charge in [0.2, 0.25) is 0 Å². The number of benzene rings is 1. The summed E-state index contributed by atoms with van der Waals surface area (Å²) in [6, 6.07) is 6.12. The molecule has 1 spiro atoms. The molecule has 0 bridgehead atoms. The summed E-state index contributed by atoms with van der Waals surface area (Å²) in [6.45, 7) is 0. The predicted octanol–water partition coefficient (Wildman–Crippen LogP) is 2.05. The maximum atomic E-state index is 12.4. The van der Waals surface area contributed by atoms with Gasteiger partial charge in [-0.25, -0.2) is 0 Å². The molecular weight excluding hydrogens is 268 g/mol. The fourth-order valence-electron chi connectivity index (χ4n) is 3.50. The minimum absolute atomic E-state index is 0.0870. The Morgan fingerprint density at radius 3 is 2.86 bits per heavy atom.